The first-order valence-corrected chi connectivity index (χ1v) is 9.20. The largest absolute Gasteiger partial charge is 0.416 e. The molecule has 0 spiro atoms. The minimum absolute atomic E-state index is 0.111. The summed E-state index contributed by atoms with van der Waals surface area (Å²) in [6.45, 7) is 0.663. The summed E-state index contributed by atoms with van der Waals surface area (Å²) in [5, 5.41) is 0. The first kappa shape index (κ1) is 21.2. The Morgan fingerprint density at radius 3 is 2.14 bits per heavy atom. The van der Waals surface area contributed by atoms with Crippen molar-refractivity contribution in [3.8, 4) is 0 Å². The van der Waals surface area contributed by atoms with E-state index in [2.05, 4.69) is 0 Å². The van der Waals surface area contributed by atoms with Gasteiger partial charge in [-0.15, -0.1) is 0 Å². The zero-order chi connectivity index (χ0) is 21.2. The van der Waals surface area contributed by atoms with Crippen molar-refractivity contribution >= 4 is 5.91 Å². The zero-order valence-corrected chi connectivity index (χ0v) is 15.4. The summed E-state index contributed by atoms with van der Waals surface area (Å²) in [6.07, 6.45) is -3.61. The van der Waals surface area contributed by atoms with Crippen LogP contribution in [0.25, 0.3) is 0 Å². The molecule has 1 aliphatic heterocycles. The van der Waals surface area contributed by atoms with Gasteiger partial charge in [0.05, 0.1) is 12.0 Å². The summed E-state index contributed by atoms with van der Waals surface area (Å²) in [7, 11) is 0. The number of alkyl halides is 3. The van der Waals surface area contributed by atoms with Crippen LogP contribution in [0.15, 0.2) is 36.4 Å². The van der Waals surface area contributed by atoms with Gasteiger partial charge in [-0.05, 0) is 66.6 Å². The van der Waals surface area contributed by atoms with Crippen molar-refractivity contribution in [2.45, 2.75) is 31.9 Å². The first-order valence-electron chi connectivity index (χ1n) is 9.20. The summed E-state index contributed by atoms with van der Waals surface area (Å²) >= 11 is 0. The number of nitrogens with zero attached hydrogens (tertiary/aromatic N) is 1. The van der Waals surface area contributed by atoms with Crippen molar-refractivity contribution in [2.75, 3.05) is 13.1 Å². The molecule has 0 atom stereocenters. The number of hydrogen-bond donors (Lipinski definition) is 0. The van der Waals surface area contributed by atoms with Crippen LogP contribution in [-0.4, -0.2) is 23.9 Å². The first-order chi connectivity index (χ1) is 13.6. The van der Waals surface area contributed by atoms with E-state index in [1.807, 2.05) is 0 Å². The molecule has 1 saturated heterocycles. The van der Waals surface area contributed by atoms with E-state index < -0.39 is 41.5 Å². The molecule has 0 aliphatic carbocycles. The topological polar surface area (TPSA) is 20.3 Å². The van der Waals surface area contributed by atoms with Gasteiger partial charge in [0.25, 0.3) is 0 Å². The molecule has 2 aromatic carbocycles. The lowest BCUT2D eigenvalue weighted by molar-refractivity contribution is -0.138. The Morgan fingerprint density at radius 1 is 0.931 bits per heavy atom. The van der Waals surface area contributed by atoms with Gasteiger partial charge in [-0.25, -0.2) is 13.2 Å². The van der Waals surface area contributed by atoms with Crippen LogP contribution in [0.5, 0.6) is 0 Å². The van der Waals surface area contributed by atoms with Crippen LogP contribution in [0, 0.1) is 23.4 Å². The fourth-order valence-corrected chi connectivity index (χ4v) is 3.71. The molecule has 2 aromatic rings. The number of benzene rings is 2. The SMILES string of the molecule is O=C(Cc1cc(F)ccc1C(F)(F)F)N1CCC(Cc2cc(F)cc(F)c2)CC1. The fourth-order valence-electron chi connectivity index (χ4n) is 3.71. The lowest BCUT2D eigenvalue weighted by Gasteiger charge is -2.32. The Kier molecular flexibility index (Phi) is 6.19. The third-order valence-electron chi connectivity index (χ3n) is 5.13. The minimum atomic E-state index is -4.67. The third-order valence-corrected chi connectivity index (χ3v) is 5.13. The van der Waals surface area contributed by atoms with Crippen molar-refractivity contribution in [1.82, 2.24) is 4.90 Å². The number of rotatable bonds is 4. The van der Waals surface area contributed by atoms with Gasteiger partial charge in [-0.2, -0.15) is 13.2 Å². The van der Waals surface area contributed by atoms with Crippen molar-refractivity contribution in [2.24, 2.45) is 5.92 Å². The monoisotopic (exact) mass is 415 g/mol. The summed E-state index contributed by atoms with van der Waals surface area (Å²) in [5.41, 5.74) is -0.878. The molecule has 1 amide bonds. The summed E-state index contributed by atoms with van der Waals surface area (Å²) in [4.78, 5) is 13.9. The second kappa shape index (κ2) is 8.47. The average Bonchev–Trinajstić information content (AvgIpc) is 2.60. The summed E-state index contributed by atoms with van der Waals surface area (Å²) in [6, 6.07) is 5.44. The summed E-state index contributed by atoms with van der Waals surface area (Å²) < 4.78 is 79.3. The fraction of sp³-hybridized carbons (Fsp3) is 0.381. The van der Waals surface area contributed by atoms with Crippen molar-refractivity contribution in [1.29, 1.82) is 0 Å². The molecule has 29 heavy (non-hydrogen) atoms. The quantitative estimate of drug-likeness (QED) is 0.633. The Bertz CT molecular complexity index is 867. The smallest absolute Gasteiger partial charge is 0.342 e. The maximum absolute atomic E-state index is 13.4. The minimum Gasteiger partial charge on any atom is -0.342 e. The molecule has 156 valence electrons. The Hall–Kier alpha value is -2.51. The van der Waals surface area contributed by atoms with Crippen LogP contribution in [0.1, 0.15) is 29.5 Å². The number of halogens is 6. The van der Waals surface area contributed by atoms with Crippen molar-refractivity contribution < 1.29 is 31.1 Å². The molecule has 0 N–H and O–H groups in total. The highest BCUT2D eigenvalue weighted by Crippen LogP contribution is 2.33. The molecule has 8 heteroatoms. The van der Waals surface area contributed by atoms with Crippen LogP contribution in [0.3, 0.4) is 0 Å². The predicted molar refractivity (Wildman–Crippen MR) is 94.5 cm³/mol. The van der Waals surface area contributed by atoms with E-state index in [1.54, 1.807) is 0 Å². The van der Waals surface area contributed by atoms with Gasteiger partial charge in [0, 0.05) is 19.2 Å². The van der Waals surface area contributed by atoms with Crippen LogP contribution in [0.4, 0.5) is 26.3 Å². The van der Waals surface area contributed by atoms with E-state index >= 15 is 0 Å². The van der Waals surface area contributed by atoms with Gasteiger partial charge in [0.15, 0.2) is 0 Å². The standard InChI is InChI=1S/C21H19F6NO/c22-16-1-2-19(21(25,26)27)15(10-16)11-20(29)28-5-3-13(4-6-28)7-14-8-17(23)12-18(24)9-14/h1-2,8-10,12-13H,3-7,11H2. The number of carbonyl (C=O) groups is 1. The van der Waals surface area contributed by atoms with Crippen molar-refractivity contribution in [3.05, 3.63) is 70.5 Å². The van der Waals surface area contributed by atoms with Gasteiger partial charge >= 0.3 is 6.18 Å². The van der Waals surface area contributed by atoms with Gasteiger partial charge in [0.2, 0.25) is 5.91 Å². The molecule has 0 bridgehead atoms. The molecule has 0 radical (unpaired) electrons. The van der Waals surface area contributed by atoms with Gasteiger partial charge in [0.1, 0.15) is 17.5 Å². The zero-order valence-electron chi connectivity index (χ0n) is 15.4. The van der Waals surface area contributed by atoms with E-state index in [0.717, 1.165) is 18.2 Å². The lowest BCUT2D eigenvalue weighted by Crippen LogP contribution is -2.40. The van der Waals surface area contributed by atoms with Gasteiger partial charge in [-0.3, -0.25) is 4.79 Å². The van der Waals surface area contributed by atoms with E-state index in [4.69, 9.17) is 0 Å². The van der Waals surface area contributed by atoms with Crippen LogP contribution in [0.2, 0.25) is 0 Å². The molecule has 0 unspecified atom stereocenters. The molecule has 3 rings (SSSR count). The number of amides is 1. The Balaban J connectivity index is 1.60. The summed E-state index contributed by atoms with van der Waals surface area (Å²) in [5.74, 6) is -2.52. The predicted octanol–water partition coefficient (Wildman–Crippen LogP) is 5.15. The van der Waals surface area contributed by atoms with E-state index in [1.165, 1.54) is 17.0 Å². The third kappa shape index (κ3) is 5.52. The number of likely N-dealkylation sites (tertiary alicyclic amines) is 1. The molecule has 0 saturated carbocycles. The van der Waals surface area contributed by atoms with Gasteiger partial charge < -0.3 is 4.90 Å². The van der Waals surface area contributed by atoms with Gasteiger partial charge in [-0.1, -0.05) is 0 Å². The molecule has 1 heterocycles. The molecule has 1 aliphatic rings. The Morgan fingerprint density at radius 2 is 1.55 bits per heavy atom. The number of piperidine rings is 1. The maximum Gasteiger partial charge on any atom is 0.416 e. The normalized spacial score (nSPS) is 15.6. The van der Waals surface area contributed by atoms with E-state index in [9.17, 15) is 31.1 Å². The molecular weight excluding hydrogens is 396 g/mol. The van der Waals surface area contributed by atoms with E-state index in [-0.39, 0.29) is 11.5 Å². The van der Waals surface area contributed by atoms with Crippen LogP contribution >= 0.6 is 0 Å². The number of carbonyl (C=O) groups excluding carboxylic acids is 1. The highest BCUT2D eigenvalue weighted by atomic mass is 19.4. The molecule has 2 nitrogen and oxygen atoms in total. The molecule has 0 aromatic heterocycles. The highest BCUT2D eigenvalue weighted by molar-refractivity contribution is 5.79. The second-order valence-electron chi connectivity index (χ2n) is 7.28. The number of hydrogen-bond acceptors (Lipinski definition) is 1. The van der Waals surface area contributed by atoms with Crippen LogP contribution < -0.4 is 0 Å². The van der Waals surface area contributed by atoms with Crippen molar-refractivity contribution in [3.63, 3.8) is 0 Å². The lowest BCUT2D eigenvalue weighted by atomic mass is 9.90. The highest BCUT2D eigenvalue weighted by Gasteiger charge is 2.34. The average molecular weight is 415 g/mol. The molecular formula is C21H19F6NO. The maximum atomic E-state index is 13.4. The molecule has 1 fully saturated rings. The Labute approximate surface area is 164 Å². The van der Waals surface area contributed by atoms with E-state index in [0.29, 0.717) is 44.0 Å². The van der Waals surface area contributed by atoms with Crippen LogP contribution in [-0.2, 0) is 23.8 Å². The second-order valence-corrected chi connectivity index (χ2v) is 7.28.